The smallest absolute Gasteiger partial charge is 0.160 e. The number of rotatable bonds is 4. The normalized spacial score (nSPS) is 16.7. The summed E-state index contributed by atoms with van der Waals surface area (Å²) in [4.78, 5) is 3.59. The third-order valence-corrected chi connectivity index (χ3v) is 5.14. The summed E-state index contributed by atoms with van der Waals surface area (Å²) in [6, 6.07) is 12.4. The first-order valence-electron chi connectivity index (χ1n) is 8.44. The Morgan fingerprint density at radius 3 is 2.72 bits per heavy atom. The predicted octanol–water partition coefficient (Wildman–Crippen LogP) is 4.27. The van der Waals surface area contributed by atoms with Crippen molar-refractivity contribution in [2.24, 2.45) is 0 Å². The zero-order valence-electron chi connectivity index (χ0n) is 14.4. The van der Waals surface area contributed by atoms with Gasteiger partial charge in [-0.2, -0.15) is 0 Å². The molecule has 2 heterocycles. The van der Waals surface area contributed by atoms with Crippen molar-refractivity contribution in [2.45, 2.75) is 18.9 Å². The van der Waals surface area contributed by atoms with Crippen molar-refractivity contribution in [1.82, 2.24) is 10.3 Å². The molecule has 1 aliphatic heterocycles. The number of hydrogen-bond donors (Lipinski definition) is 2. The summed E-state index contributed by atoms with van der Waals surface area (Å²) < 4.78 is 10.8. The molecule has 2 N–H and O–H groups in total. The molecular formula is C20H21ClN2O2. The molecule has 5 heteroatoms. The Morgan fingerprint density at radius 2 is 1.92 bits per heavy atom. The molecule has 0 saturated heterocycles. The summed E-state index contributed by atoms with van der Waals surface area (Å²) in [5, 5.41) is 5.65. The predicted molar refractivity (Wildman–Crippen MR) is 101 cm³/mol. The maximum atomic E-state index is 6.19. The summed E-state index contributed by atoms with van der Waals surface area (Å²) in [5.41, 5.74) is 5.00. The zero-order valence-corrected chi connectivity index (χ0v) is 15.1. The van der Waals surface area contributed by atoms with Crippen LogP contribution in [0.15, 0.2) is 36.4 Å². The highest BCUT2D eigenvalue weighted by Crippen LogP contribution is 2.34. The van der Waals surface area contributed by atoms with Crippen LogP contribution in [0.4, 0.5) is 0 Å². The lowest BCUT2D eigenvalue weighted by atomic mass is 9.94. The molecule has 4 nitrogen and oxygen atoms in total. The Bertz CT molecular complexity index is 919. The topological polar surface area (TPSA) is 46.3 Å². The monoisotopic (exact) mass is 356 g/mol. The summed E-state index contributed by atoms with van der Waals surface area (Å²) >= 11 is 6.19. The van der Waals surface area contributed by atoms with Crippen LogP contribution in [0.5, 0.6) is 11.5 Å². The number of H-pyrrole nitrogens is 1. The molecule has 0 spiro atoms. The number of ether oxygens (including phenoxy) is 2. The van der Waals surface area contributed by atoms with Gasteiger partial charge in [0, 0.05) is 21.6 Å². The maximum absolute atomic E-state index is 6.19. The molecule has 25 heavy (non-hydrogen) atoms. The van der Waals surface area contributed by atoms with Gasteiger partial charge in [0.1, 0.15) is 0 Å². The van der Waals surface area contributed by atoms with Gasteiger partial charge in [-0.15, -0.1) is 0 Å². The lowest BCUT2D eigenvalue weighted by Crippen LogP contribution is -2.31. The highest BCUT2D eigenvalue weighted by atomic mass is 35.5. The number of methoxy groups -OCH3 is 2. The minimum atomic E-state index is 0.244. The molecule has 1 aliphatic rings. The Morgan fingerprint density at radius 1 is 1.08 bits per heavy atom. The van der Waals surface area contributed by atoms with Gasteiger partial charge in [-0.25, -0.2) is 0 Å². The maximum Gasteiger partial charge on any atom is 0.160 e. The van der Waals surface area contributed by atoms with E-state index in [2.05, 4.69) is 28.5 Å². The fourth-order valence-electron chi connectivity index (χ4n) is 3.70. The van der Waals surface area contributed by atoms with E-state index in [0.29, 0.717) is 0 Å². The lowest BCUT2D eigenvalue weighted by Gasteiger charge is -2.25. The van der Waals surface area contributed by atoms with Crippen molar-refractivity contribution in [3.8, 4) is 11.5 Å². The Hall–Kier alpha value is -2.17. The van der Waals surface area contributed by atoms with Gasteiger partial charge in [0.2, 0.25) is 0 Å². The fraction of sp³-hybridized carbons (Fsp3) is 0.300. The lowest BCUT2D eigenvalue weighted by molar-refractivity contribution is 0.354. The van der Waals surface area contributed by atoms with Gasteiger partial charge in [-0.05, 0) is 60.8 Å². The number of benzene rings is 2. The number of nitrogens with one attached hydrogen (secondary N) is 2. The fourth-order valence-corrected chi connectivity index (χ4v) is 3.87. The van der Waals surface area contributed by atoms with Crippen LogP contribution in [0.1, 0.15) is 22.9 Å². The van der Waals surface area contributed by atoms with Crippen molar-refractivity contribution in [3.05, 3.63) is 58.2 Å². The van der Waals surface area contributed by atoms with Crippen LogP contribution in [0.2, 0.25) is 5.02 Å². The van der Waals surface area contributed by atoms with E-state index >= 15 is 0 Å². The number of aromatic amines is 1. The molecule has 3 aromatic rings. The van der Waals surface area contributed by atoms with Crippen molar-refractivity contribution in [3.63, 3.8) is 0 Å². The van der Waals surface area contributed by atoms with Crippen LogP contribution in [0.25, 0.3) is 10.9 Å². The molecule has 0 amide bonds. The molecule has 0 saturated carbocycles. The van der Waals surface area contributed by atoms with E-state index in [4.69, 9.17) is 21.1 Å². The molecule has 2 aromatic carbocycles. The van der Waals surface area contributed by atoms with Gasteiger partial charge in [-0.1, -0.05) is 17.7 Å². The second kappa shape index (κ2) is 6.62. The first kappa shape index (κ1) is 16.3. The molecular weight excluding hydrogens is 336 g/mol. The van der Waals surface area contributed by atoms with Crippen molar-refractivity contribution < 1.29 is 9.47 Å². The van der Waals surface area contributed by atoms with Crippen molar-refractivity contribution >= 4 is 22.5 Å². The summed E-state index contributed by atoms with van der Waals surface area (Å²) in [7, 11) is 3.32. The highest BCUT2D eigenvalue weighted by Gasteiger charge is 2.24. The molecule has 4 rings (SSSR count). The molecule has 0 bridgehead atoms. The van der Waals surface area contributed by atoms with E-state index in [-0.39, 0.29) is 6.04 Å². The average molecular weight is 357 g/mol. The molecule has 1 aromatic heterocycles. The molecule has 0 aliphatic carbocycles. The molecule has 130 valence electrons. The van der Waals surface area contributed by atoms with Crippen LogP contribution < -0.4 is 14.8 Å². The number of hydrogen-bond acceptors (Lipinski definition) is 3. The van der Waals surface area contributed by atoms with Gasteiger partial charge in [0.15, 0.2) is 11.5 Å². The van der Waals surface area contributed by atoms with E-state index in [0.717, 1.165) is 41.4 Å². The summed E-state index contributed by atoms with van der Waals surface area (Å²) in [6.07, 6.45) is 1.89. The standard InChI is InChI=1S/C20H21ClN2O2/c1-24-18-6-3-12(10-19(18)25-2)9-17-20-14(7-8-22-17)15-11-13(21)4-5-16(15)23-20/h3-6,10-11,17,22-23H,7-9H2,1-2H3. The third kappa shape index (κ3) is 2.96. The van der Waals surface area contributed by atoms with Gasteiger partial charge >= 0.3 is 0 Å². The zero-order chi connectivity index (χ0) is 17.4. The van der Waals surface area contributed by atoms with Gasteiger partial charge in [0.25, 0.3) is 0 Å². The van der Waals surface area contributed by atoms with Crippen LogP contribution in [-0.2, 0) is 12.8 Å². The number of aromatic nitrogens is 1. The Labute approximate surface area is 152 Å². The number of halogens is 1. The van der Waals surface area contributed by atoms with Crippen LogP contribution in [-0.4, -0.2) is 25.7 Å². The first-order valence-corrected chi connectivity index (χ1v) is 8.81. The van der Waals surface area contributed by atoms with E-state index in [1.807, 2.05) is 18.2 Å². The third-order valence-electron chi connectivity index (χ3n) is 4.90. The molecule has 0 radical (unpaired) electrons. The molecule has 1 unspecified atom stereocenters. The van der Waals surface area contributed by atoms with Gasteiger partial charge < -0.3 is 19.8 Å². The summed E-state index contributed by atoms with van der Waals surface area (Å²) in [5.74, 6) is 1.52. The van der Waals surface area contributed by atoms with Crippen molar-refractivity contribution in [1.29, 1.82) is 0 Å². The van der Waals surface area contributed by atoms with Gasteiger partial charge in [0.05, 0.1) is 20.3 Å². The van der Waals surface area contributed by atoms with E-state index in [1.165, 1.54) is 22.2 Å². The minimum Gasteiger partial charge on any atom is -0.493 e. The van der Waals surface area contributed by atoms with Gasteiger partial charge in [-0.3, -0.25) is 0 Å². The van der Waals surface area contributed by atoms with E-state index in [1.54, 1.807) is 14.2 Å². The van der Waals surface area contributed by atoms with Crippen molar-refractivity contribution in [2.75, 3.05) is 20.8 Å². The first-order chi connectivity index (χ1) is 12.2. The second-order valence-corrected chi connectivity index (χ2v) is 6.79. The average Bonchev–Trinajstić information content (AvgIpc) is 3.00. The second-order valence-electron chi connectivity index (χ2n) is 6.36. The number of fused-ring (bicyclic) bond motifs is 3. The molecule has 1 atom stereocenters. The van der Waals surface area contributed by atoms with E-state index < -0.39 is 0 Å². The van der Waals surface area contributed by atoms with Crippen LogP contribution in [0.3, 0.4) is 0 Å². The molecule has 0 fully saturated rings. The SMILES string of the molecule is COc1ccc(CC2NCCc3c2[nH]c2ccc(Cl)cc32)cc1OC. The van der Waals surface area contributed by atoms with Crippen LogP contribution >= 0.6 is 11.6 Å². The summed E-state index contributed by atoms with van der Waals surface area (Å²) in [6.45, 7) is 0.963. The van der Waals surface area contributed by atoms with Crippen LogP contribution in [0, 0.1) is 0 Å². The Balaban J connectivity index is 1.68. The quantitative estimate of drug-likeness (QED) is 0.734. The Kier molecular flexibility index (Phi) is 4.32. The highest BCUT2D eigenvalue weighted by molar-refractivity contribution is 6.31. The minimum absolute atomic E-state index is 0.244. The van der Waals surface area contributed by atoms with E-state index in [9.17, 15) is 0 Å². The largest absolute Gasteiger partial charge is 0.493 e.